The maximum Gasteiger partial charge on any atom is 0.262 e. The minimum absolute atomic E-state index is 0.0391. The molecule has 3 aromatic carbocycles. The van der Waals surface area contributed by atoms with E-state index in [-0.39, 0.29) is 27.3 Å². The van der Waals surface area contributed by atoms with Gasteiger partial charge in [0.2, 0.25) is 0 Å². The zero-order valence-corrected chi connectivity index (χ0v) is 19.2. The van der Waals surface area contributed by atoms with E-state index in [2.05, 4.69) is 10.0 Å². The van der Waals surface area contributed by atoms with Gasteiger partial charge in [-0.1, -0.05) is 52.5 Å². The molecule has 0 aliphatic rings. The molecule has 1 amide bonds. The lowest BCUT2D eigenvalue weighted by molar-refractivity contribution is -0.118. The fourth-order valence-corrected chi connectivity index (χ4v) is 4.36. The molecule has 0 aliphatic carbocycles. The number of amides is 1. The van der Waals surface area contributed by atoms with Crippen LogP contribution in [-0.4, -0.2) is 20.9 Å². The SMILES string of the molecule is Cc1ccc(NS(=O)(=O)c2ccc(OCC(=O)Nc3ccc(Cl)cc3Cl)c(Cl)c2)cc1. The van der Waals surface area contributed by atoms with Crippen molar-refractivity contribution >= 4 is 62.1 Å². The number of carbonyl (C=O) groups is 1. The average molecular weight is 500 g/mol. The number of aryl methyl sites for hydroxylation is 1. The molecule has 3 rings (SSSR count). The van der Waals surface area contributed by atoms with Crippen LogP contribution in [0.3, 0.4) is 0 Å². The number of hydrogen-bond acceptors (Lipinski definition) is 4. The van der Waals surface area contributed by atoms with Crippen LogP contribution < -0.4 is 14.8 Å². The largest absolute Gasteiger partial charge is 0.482 e. The summed E-state index contributed by atoms with van der Waals surface area (Å²) in [5, 5.41) is 3.37. The zero-order chi connectivity index (χ0) is 22.6. The van der Waals surface area contributed by atoms with Crippen LogP contribution in [0, 0.1) is 6.92 Å². The van der Waals surface area contributed by atoms with Crippen LogP contribution >= 0.6 is 34.8 Å². The summed E-state index contributed by atoms with van der Waals surface area (Å²) in [6.07, 6.45) is 0. The first-order valence-electron chi connectivity index (χ1n) is 8.91. The third-order valence-electron chi connectivity index (χ3n) is 4.08. The van der Waals surface area contributed by atoms with E-state index >= 15 is 0 Å². The highest BCUT2D eigenvalue weighted by Gasteiger charge is 2.17. The van der Waals surface area contributed by atoms with Crippen molar-refractivity contribution in [2.45, 2.75) is 11.8 Å². The standard InChI is InChI=1S/C21H17Cl3N2O4S/c1-13-2-5-15(6-3-13)26-31(28,29)16-7-9-20(18(24)11-16)30-12-21(27)25-19-8-4-14(22)10-17(19)23/h2-11,26H,12H2,1H3,(H,25,27). The van der Waals surface area contributed by atoms with Gasteiger partial charge >= 0.3 is 0 Å². The van der Waals surface area contributed by atoms with E-state index in [9.17, 15) is 13.2 Å². The Labute approximate surface area is 195 Å². The van der Waals surface area contributed by atoms with Gasteiger partial charge in [0.15, 0.2) is 6.61 Å². The number of anilines is 2. The number of ether oxygens (including phenoxy) is 1. The fraction of sp³-hybridized carbons (Fsp3) is 0.0952. The molecule has 0 heterocycles. The van der Waals surface area contributed by atoms with Crippen LogP contribution in [0.4, 0.5) is 11.4 Å². The Bertz CT molecular complexity index is 1220. The van der Waals surface area contributed by atoms with Crippen molar-refractivity contribution in [1.82, 2.24) is 0 Å². The molecule has 31 heavy (non-hydrogen) atoms. The predicted molar refractivity (Wildman–Crippen MR) is 124 cm³/mol. The summed E-state index contributed by atoms with van der Waals surface area (Å²) in [7, 11) is -3.84. The van der Waals surface area contributed by atoms with Crippen LogP contribution in [0.2, 0.25) is 15.1 Å². The van der Waals surface area contributed by atoms with Gasteiger partial charge in [-0.15, -0.1) is 0 Å². The quantitative estimate of drug-likeness (QED) is 0.432. The van der Waals surface area contributed by atoms with Gasteiger partial charge in [-0.05, 0) is 55.5 Å². The Morgan fingerprint density at radius 1 is 0.935 bits per heavy atom. The predicted octanol–water partition coefficient (Wildman–Crippen LogP) is 5.77. The second-order valence-corrected chi connectivity index (χ2v) is 9.46. The number of halogens is 3. The maximum absolute atomic E-state index is 12.6. The Morgan fingerprint density at radius 2 is 1.65 bits per heavy atom. The summed E-state index contributed by atoms with van der Waals surface area (Å²) < 4.78 is 33.0. The van der Waals surface area contributed by atoms with E-state index in [1.165, 1.54) is 24.3 Å². The minimum Gasteiger partial charge on any atom is -0.482 e. The van der Waals surface area contributed by atoms with Gasteiger partial charge < -0.3 is 10.1 Å². The van der Waals surface area contributed by atoms with Crippen molar-refractivity contribution in [2.24, 2.45) is 0 Å². The van der Waals surface area contributed by atoms with Crippen molar-refractivity contribution in [3.63, 3.8) is 0 Å². The Morgan fingerprint density at radius 3 is 2.29 bits per heavy atom. The smallest absolute Gasteiger partial charge is 0.262 e. The van der Waals surface area contributed by atoms with Crippen molar-refractivity contribution in [2.75, 3.05) is 16.6 Å². The zero-order valence-electron chi connectivity index (χ0n) is 16.2. The minimum atomic E-state index is -3.84. The van der Waals surface area contributed by atoms with E-state index in [0.29, 0.717) is 16.4 Å². The second-order valence-electron chi connectivity index (χ2n) is 6.52. The van der Waals surface area contributed by atoms with Crippen molar-refractivity contribution in [3.8, 4) is 5.75 Å². The molecule has 2 N–H and O–H groups in total. The monoisotopic (exact) mass is 498 g/mol. The molecule has 10 heteroatoms. The molecule has 0 saturated heterocycles. The van der Waals surface area contributed by atoms with Crippen LogP contribution in [0.15, 0.2) is 65.6 Å². The summed E-state index contributed by atoms with van der Waals surface area (Å²) in [5.41, 5.74) is 1.82. The first-order chi connectivity index (χ1) is 14.6. The number of nitrogens with one attached hydrogen (secondary N) is 2. The maximum atomic E-state index is 12.6. The summed E-state index contributed by atoms with van der Waals surface area (Å²) in [4.78, 5) is 12.1. The molecule has 162 valence electrons. The molecule has 0 aliphatic heterocycles. The Balaban J connectivity index is 1.64. The van der Waals surface area contributed by atoms with E-state index in [0.717, 1.165) is 5.56 Å². The van der Waals surface area contributed by atoms with E-state index in [1.54, 1.807) is 36.4 Å². The summed E-state index contributed by atoms with van der Waals surface area (Å²) in [6.45, 7) is 1.55. The normalized spacial score (nSPS) is 11.1. The van der Waals surface area contributed by atoms with E-state index < -0.39 is 15.9 Å². The third-order valence-corrected chi connectivity index (χ3v) is 6.30. The molecule has 3 aromatic rings. The summed E-state index contributed by atoms with van der Waals surface area (Å²) in [6, 6.07) is 15.5. The first kappa shape index (κ1) is 23.2. The second kappa shape index (κ2) is 9.78. The van der Waals surface area contributed by atoms with E-state index in [1.807, 2.05) is 6.92 Å². The van der Waals surface area contributed by atoms with E-state index in [4.69, 9.17) is 39.5 Å². The Kier molecular flexibility index (Phi) is 7.33. The average Bonchev–Trinajstić information content (AvgIpc) is 2.70. The van der Waals surface area contributed by atoms with Gasteiger partial charge in [0, 0.05) is 10.7 Å². The molecule has 0 bridgehead atoms. The lowest BCUT2D eigenvalue weighted by atomic mass is 10.2. The lowest BCUT2D eigenvalue weighted by Crippen LogP contribution is -2.20. The van der Waals surface area contributed by atoms with Crippen LogP contribution in [-0.2, 0) is 14.8 Å². The summed E-state index contributed by atoms with van der Waals surface area (Å²) >= 11 is 18.0. The van der Waals surface area contributed by atoms with Crippen molar-refractivity contribution in [3.05, 3.63) is 81.3 Å². The molecule has 0 fully saturated rings. The molecule has 0 aromatic heterocycles. The highest BCUT2D eigenvalue weighted by Crippen LogP contribution is 2.29. The lowest BCUT2D eigenvalue weighted by Gasteiger charge is -2.12. The van der Waals surface area contributed by atoms with Gasteiger partial charge in [0.1, 0.15) is 5.75 Å². The topological polar surface area (TPSA) is 84.5 Å². The summed E-state index contributed by atoms with van der Waals surface area (Å²) in [5.74, 6) is -0.314. The molecular weight excluding hydrogens is 483 g/mol. The van der Waals surface area contributed by atoms with Crippen molar-refractivity contribution in [1.29, 1.82) is 0 Å². The number of benzene rings is 3. The molecule has 6 nitrogen and oxygen atoms in total. The van der Waals surface area contributed by atoms with Crippen LogP contribution in [0.25, 0.3) is 0 Å². The highest BCUT2D eigenvalue weighted by molar-refractivity contribution is 7.92. The van der Waals surface area contributed by atoms with Gasteiger partial charge in [0.05, 0.1) is 20.6 Å². The first-order valence-corrected chi connectivity index (χ1v) is 11.5. The van der Waals surface area contributed by atoms with Crippen LogP contribution in [0.1, 0.15) is 5.56 Å². The molecule has 0 atom stereocenters. The number of sulfonamides is 1. The number of hydrogen-bond donors (Lipinski definition) is 2. The third kappa shape index (κ3) is 6.27. The number of rotatable bonds is 7. The van der Waals surface area contributed by atoms with Crippen molar-refractivity contribution < 1.29 is 17.9 Å². The van der Waals surface area contributed by atoms with Gasteiger partial charge in [-0.3, -0.25) is 9.52 Å². The van der Waals surface area contributed by atoms with Crippen LogP contribution in [0.5, 0.6) is 5.75 Å². The molecule has 0 spiro atoms. The fourth-order valence-electron chi connectivity index (χ4n) is 2.52. The van der Waals surface area contributed by atoms with Gasteiger partial charge in [-0.2, -0.15) is 0 Å². The van der Waals surface area contributed by atoms with Gasteiger partial charge in [0.25, 0.3) is 15.9 Å². The number of carbonyl (C=O) groups excluding carboxylic acids is 1. The molecular formula is C21H17Cl3N2O4S. The van der Waals surface area contributed by atoms with Gasteiger partial charge in [-0.25, -0.2) is 8.42 Å². The molecule has 0 unspecified atom stereocenters. The molecule has 0 saturated carbocycles. The highest BCUT2D eigenvalue weighted by atomic mass is 35.5. The molecule has 0 radical (unpaired) electrons. The Hall–Kier alpha value is -2.45.